The van der Waals surface area contributed by atoms with Crippen molar-refractivity contribution in [1.82, 2.24) is 0 Å². The van der Waals surface area contributed by atoms with Crippen LogP contribution in [-0.2, 0) is 6.94 Å². The number of halogens is 1. The number of hydrogen-bond donors (Lipinski definition) is 0. The van der Waals surface area contributed by atoms with Gasteiger partial charge in [-0.25, -0.2) is 0 Å². The molecule has 0 N–H and O–H groups in total. The van der Waals surface area contributed by atoms with E-state index in [-0.39, 0.29) is 2.75 Å². The smallest absolute Gasteiger partial charge is 0.118 e. The molecule has 0 spiro atoms. The molecule has 70 valence electrons. The highest BCUT2D eigenvalue weighted by atomic mass is 127. The Morgan fingerprint density at radius 2 is 2.08 bits per heavy atom. The molecule has 2 rings (SSSR count). The van der Waals surface area contributed by atoms with E-state index in [1.54, 1.807) is 12.0 Å². The molecule has 0 amide bonds. The highest BCUT2D eigenvalue weighted by molar-refractivity contribution is 14.1. The summed E-state index contributed by atoms with van der Waals surface area (Å²) in [7, 11) is 0. The largest absolute Gasteiger partial charge is 0.314 e. The zero-order valence-electron chi connectivity index (χ0n) is 7.20. The Labute approximate surface area is 96.6 Å². The first-order valence-electron chi connectivity index (χ1n) is 4.36. The van der Waals surface area contributed by atoms with Gasteiger partial charge in [-0.15, -0.1) is 0 Å². The molecule has 1 unspecified atom stereocenters. The average Bonchev–Trinajstić information content (AvgIpc) is 2.20. The van der Waals surface area contributed by atoms with E-state index in [4.69, 9.17) is 4.18 Å². The van der Waals surface area contributed by atoms with Crippen LogP contribution in [0.25, 0.3) is 0 Å². The lowest BCUT2D eigenvalue weighted by atomic mass is 10.1. The third-order valence-corrected chi connectivity index (χ3v) is 4.81. The molecule has 1 fully saturated rings. The SMILES string of the molecule is IC1(c2ccccc2)CCCOS1. The fourth-order valence-electron chi connectivity index (χ4n) is 1.41. The van der Waals surface area contributed by atoms with Crippen molar-refractivity contribution in [2.24, 2.45) is 0 Å². The van der Waals surface area contributed by atoms with Gasteiger partial charge in [-0.3, -0.25) is 0 Å². The van der Waals surface area contributed by atoms with Gasteiger partial charge in [0.05, 0.1) is 6.61 Å². The van der Waals surface area contributed by atoms with E-state index in [1.165, 1.54) is 12.0 Å². The van der Waals surface area contributed by atoms with Crippen molar-refractivity contribution in [3.63, 3.8) is 0 Å². The molecule has 0 radical (unpaired) electrons. The second kappa shape index (κ2) is 4.19. The third kappa shape index (κ3) is 2.19. The summed E-state index contributed by atoms with van der Waals surface area (Å²) in [4.78, 5) is 0. The molecule has 1 aromatic rings. The van der Waals surface area contributed by atoms with E-state index in [0.29, 0.717) is 0 Å². The number of benzene rings is 1. The van der Waals surface area contributed by atoms with Gasteiger partial charge < -0.3 is 4.18 Å². The first kappa shape index (κ1) is 9.80. The van der Waals surface area contributed by atoms with Gasteiger partial charge in [0.25, 0.3) is 0 Å². The molecule has 3 heteroatoms. The molecule has 13 heavy (non-hydrogen) atoms. The first-order valence-corrected chi connectivity index (χ1v) is 6.18. The molecule has 0 bridgehead atoms. The summed E-state index contributed by atoms with van der Waals surface area (Å²) in [5, 5.41) is 0. The topological polar surface area (TPSA) is 9.23 Å². The standard InChI is InChI=1S/C10H11IOS/c11-10(7-4-8-12-13-10)9-5-2-1-3-6-9/h1-3,5-6H,4,7-8H2. The Hall–Kier alpha value is 0.260. The zero-order chi connectivity index (χ0) is 9.15. The number of hydrogen-bond acceptors (Lipinski definition) is 2. The van der Waals surface area contributed by atoms with Crippen LogP contribution >= 0.6 is 34.6 Å². The van der Waals surface area contributed by atoms with Crippen molar-refractivity contribution >= 4 is 34.6 Å². The second-order valence-corrected chi connectivity index (χ2v) is 6.78. The van der Waals surface area contributed by atoms with Crippen molar-refractivity contribution in [2.75, 3.05) is 6.61 Å². The van der Waals surface area contributed by atoms with Gasteiger partial charge in [-0.2, -0.15) is 0 Å². The molecule has 1 saturated heterocycles. The fraction of sp³-hybridized carbons (Fsp3) is 0.400. The number of rotatable bonds is 1. The predicted molar refractivity (Wildman–Crippen MR) is 64.9 cm³/mol. The van der Waals surface area contributed by atoms with Gasteiger partial charge in [-0.05, 0) is 18.4 Å². The first-order chi connectivity index (χ1) is 6.31. The summed E-state index contributed by atoms with van der Waals surface area (Å²) < 4.78 is 5.58. The Morgan fingerprint density at radius 3 is 2.69 bits per heavy atom. The van der Waals surface area contributed by atoms with E-state index < -0.39 is 0 Å². The van der Waals surface area contributed by atoms with Gasteiger partial charge in [0.2, 0.25) is 0 Å². The normalized spacial score (nSPS) is 28.7. The lowest BCUT2D eigenvalue weighted by Crippen LogP contribution is -2.18. The van der Waals surface area contributed by atoms with Crippen LogP contribution in [0.5, 0.6) is 0 Å². The summed E-state index contributed by atoms with van der Waals surface area (Å²) in [6, 6.07) is 10.6. The van der Waals surface area contributed by atoms with Crippen LogP contribution in [0.1, 0.15) is 18.4 Å². The van der Waals surface area contributed by atoms with E-state index in [9.17, 15) is 0 Å². The Kier molecular flexibility index (Phi) is 3.16. The van der Waals surface area contributed by atoms with Crippen molar-refractivity contribution in [1.29, 1.82) is 0 Å². The zero-order valence-corrected chi connectivity index (χ0v) is 10.2. The minimum absolute atomic E-state index is 0.136. The Bertz CT molecular complexity index is 270. The fourth-order valence-corrected chi connectivity index (χ4v) is 3.39. The van der Waals surface area contributed by atoms with Crippen molar-refractivity contribution in [2.45, 2.75) is 15.6 Å². The van der Waals surface area contributed by atoms with Gasteiger partial charge in [0.1, 0.15) is 2.75 Å². The van der Waals surface area contributed by atoms with E-state index in [2.05, 4.69) is 52.9 Å². The molecule has 1 aliphatic rings. The molecule has 0 saturated carbocycles. The molecule has 0 aromatic heterocycles. The maximum absolute atomic E-state index is 5.45. The second-order valence-electron chi connectivity index (χ2n) is 3.10. The maximum Gasteiger partial charge on any atom is 0.118 e. The molecule has 1 atom stereocenters. The molecule has 1 nitrogen and oxygen atoms in total. The van der Waals surface area contributed by atoms with Crippen LogP contribution in [0, 0.1) is 0 Å². The quantitative estimate of drug-likeness (QED) is 0.444. The third-order valence-electron chi connectivity index (χ3n) is 2.12. The van der Waals surface area contributed by atoms with Crippen LogP contribution in [0.4, 0.5) is 0 Å². The molecule has 0 aliphatic carbocycles. The minimum Gasteiger partial charge on any atom is -0.314 e. The van der Waals surface area contributed by atoms with Gasteiger partial charge in [0.15, 0.2) is 0 Å². The van der Waals surface area contributed by atoms with Crippen LogP contribution in [-0.4, -0.2) is 6.61 Å². The summed E-state index contributed by atoms with van der Waals surface area (Å²) in [5.74, 6) is 0. The van der Waals surface area contributed by atoms with E-state index in [0.717, 1.165) is 13.0 Å². The molecule has 1 heterocycles. The minimum atomic E-state index is 0.136. The van der Waals surface area contributed by atoms with E-state index in [1.807, 2.05) is 0 Å². The molecular weight excluding hydrogens is 295 g/mol. The van der Waals surface area contributed by atoms with E-state index >= 15 is 0 Å². The summed E-state index contributed by atoms with van der Waals surface area (Å²) in [6.07, 6.45) is 2.35. The van der Waals surface area contributed by atoms with Crippen LogP contribution in [0.3, 0.4) is 0 Å². The maximum atomic E-state index is 5.45. The highest BCUT2D eigenvalue weighted by Gasteiger charge is 2.32. The lowest BCUT2D eigenvalue weighted by Gasteiger charge is -2.30. The average molecular weight is 306 g/mol. The van der Waals surface area contributed by atoms with Gasteiger partial charge >= 0.3 is 0 Å². The van der Waals surface area contributed by atoms with Crippen LogP contribution in [0.15, 0.2) is 30.3 Å². The van der Waals surface area contributed by atoms with Crippen LogP contribution in [0.2, 0.25) is 0 Å². The molecular formula is C10H11IOS. The highest BCUT2D eigenvalue weighted by Crippen LogP contribution is 2.49. The van der Waals surface area contributed by atoms with Crippen molar-refractivity contribution < 1.29 is 4.18 Å². The van der Waals surface area contributed by atoms with Crippen molar-refractivity contribution in [3.8, 4) is 0 Å². The monoisotopic (exact) mass is 306 g/mol. The summed E-state index contributed by atoms with van der Waals surface area (Å²) in [6.45, 7) is 0.891. The Balaban J connectivity index is 2.23. The summed E-state index contributed by atoms with van der Waals surface area (Å²) in [5.41, 5.74) is 1.36. The molecule has 1 aliphatic heterocycles. The lowest BCUT2D eigenvalue weighted by molar-refractivity contribution is 0.328. The van der Waals surface area contributed by atoms with Gasteiger partial charge in [-0.1, -0.05) is 52.9 Å². The number of alkyl halides is 1. The van der Waals surface area contributed by atoms with Crippen molar-refractivity contribution in [3.05, 3.63) is 35.9 Å². The Morgan fingerprint density at radius 1 is 1.31 bits per heavy atom. The van der Waals surface area contributed by atoms with Gasteiger partial charge in [0, 0.05) is 12.0 Å². The molecule has 1 aromatic carbocycles. The van der Waals surface area contributed by atoms with Crippen LogP contribution < -0.4 is 0 Å². The predicted octanol–water partition coefficient (Wildman–Crippen LogP) is 3.73. The summed E-state index contributed by atoms with van der Waals surface area (Å²) >= 11 is 4.10.